The highest BCUT2D eigenvalue weighted by atomic mass is 127. The van der Waals surface area contributed by atoms with Gasteiger partial charge >= 0.3 is 0 Å². The number of amides is 1. The lowest BCUT2D eigenvalue weighted by atomic mass is 10.2. The van der Waals surface area contributed by atoms with E-state index in [1.165, 1.54) is 4.88 Å². The second kappa shape index (κ2) is 14.0. The van der Waals surface area contributed by atoms with Gasteiger partial charge in [0.2, 0.25) is 5.91 Å². The first-order chi connectivity index (χ1) is 13.6. The molecule has 0 unspecified atom stereocenters. The van der Waals surface area contributed by atoms with Crippen molar-refractivity contribution < 1.29 is 9.53 Å². The van der Waals surface area contributed by atoms with E-state index in [0.717, 1.165) is 24.3 Å². The van der Waals surface area contributed by atoms with Crippen molar-refractivity contribution in [3.8, 4) is 5.75 Å². The number of aliphatic imine (C=N–C) groups is 1. The zero-order valence-electron chi connectivity index (χ0n) is 16.9. The highest BCUT2D eigenvalue weighted by Crippen LogP contribution is 2.18. The molecule has 2 N–H and O–H groups in total. The summed E-state index contributed by atoms with van der Waals surface area (Å²) in [5, 5.41) is 8.48. The van der Waals surface area contributed by atoms with E-state index in [1.807, 2.05) is 30.3 Å². The number of benzene rings is 1. The van der Waals surface area contributed by atoms with Gasteiger partial charge in [-0.25, -0.2) is 4.99 Å². The number of para-hydroxylation sites is 1. The Kier molecular flexibility index (Phi) is 12.1. The molecule has 0 fully saturated rings. The minimum atomic E-state index is -0.0116. The van der Waals surface area contributed by atoms with Gasteiger partial charge in [-0.2, -0.15) is 0 Å². The SMILES string of the molecule is C=CCOc1ccccc1CN=C(NCCc1cccs1)NCC(=O)N(C)C.I. The molecule has 1 aromatic heterocycles. The monoisotopic (exact) mass is 528 g/mol. The molecular formula is C21H29IN4O2S. The first kappa shape index (κ1) is 25.0. The van der Waals surface area contributed by atoms with Crippen LogP contribution in [-0.2, 0) is 17.8 Å². The maximum absolute atomic E-state index is 11.9. The largest absolute Gasteiger partial charge is 0.489 e. The Balaban J connectivity index is 0.00000420. The molecule has 2 rings (SSSR count). The fraction of sp³-hybridized carbons (Fsp3) is 0.333. The topological polar surface area (TPSA) is 66.0 Å². The molecule has 0 atom stereocenters. The predicted molar refractivity (Wildman–Crippen MR) is 131 cm³/mol. The molecule has 6 nitrogen and oxygen atoms in total. The van der Waals surface area contributed by atoms with Gasteiger partial charge in [-0.3, -0.25) is 4.79 Å². The van der Waals surface area contributed by atoms with Gasteiger partial charge in [0.15, 0.2) is 5.96 Å². The van der Waals surface area contributed by atoms with Crippen molar-refractivity contribution >= 4 is 47.2 Å². The van der Waals surface area contributed by atoms with Crippen molar-refractivity contribution in [3.05, 3.63) is 64.9 Å². The maximum Gasteiger partial charge on any atom is 0.241 e. The number of carbonyl (C=O) groups is 1. The van der Waals surface area contributed by atoms with Gasteiger partial charge in [0.25, 0.3) is 0 Å². The molecule has 1 aromatic carbocycles. The summed E-state index contributed by atoms with van der Waals surface area (Å²) < 4.78 is 5.69. The van der Waals surface area contributed by atoms with Crippen LogP contribution < -0.4 is 15.4 Å². The summed E-state index contributed by atoms with van der Waals surface area (Å²) in [6.07, 6.45) is 2.62. The van der Waals surface area contributed by atoms with Crippen LogP contribution in [0.25, 0.3) is 0 Å². The first-order valence-corrected chi connectivity index (χ1v) is 10.0. The molecule has 8 heteroatoms. The van der Waals surface area contributed by atoms with Gasteiger partial charge in [0.05, 0.1) is 13.1 Å². The van der Waals surface area contributed by atoms with Gasteiger partial charge in [0.1, 0.15) is 12.4 Å². The number of hydrogen-bond acceptors (Lipinski definition) is 4. The highest BCUT2D eigenvalue weighted by Gasteiger charge is 2.07. The average molecular weight is 528 g/mol. The first-order valence-electron chi connectivity index (χ1n) is 9.16. The Morgan fingerprint density at radius 2 is 2.03 bits per heavy atom. The van der Waals surface area contributed by atoms with Gasteiger partial charge in [-0.1, -0.05) is 36.9 Å². The Morgan fingerprint density at radius 1 is 1.24 bits per heavy atom. The molecule has 0 aliphatic heterocycles. The summed E-state index contributed by atoms with van der Waals surface area (Å²) in [7, 11) is 3.47. The van der Waals surface area contributed by atoms with Gasteiger partial charge < -0.3 is 20.3 Å². The Hall–Kier alpha value is -2.07. The van der Waals surface area contributed by atoms with E-state index in [4.69, 9.17) is 4.74 Å². The van der Waals surface area contributed by atoms with Gasteiger partial charge in [0, 0.05) is 31.1 Å². The summed E-state index contributed by atoms with van der Waals surface area (Å²) >= 11 is 1.73. The number of halogens is 1. The number of thiophene rings is 1. The zero-order chi connectivity index (χ0) is 20.2. The van der Waals surface area contributed by atoms with Gasteiger partial charge in [-0.05, 0) is 23.9 Å². The molecular weight excluding hydrogens is 499 g/mol. The third-order valence-corrected chi connectivity index (χ3v) is 4.82. The molecule has 0 radical (unpaired) electrons. The summed E-state index contributed by atoms with van der Waals surface area (Å²) in [5.41, 5.74) is 0.975. The van der Waals surface area contributed by atoms with Crippen molar-refractivity contribution in [3.63, 3.8) is 0 Å². The summed E-state index contributed by atoms with van der Waals surface area (Å²) in [6.45, 7) is 5.49. The molecule has 1 amide bonds. The van der Waals surface area contributed by atoms with E-state index >= 15 is 0 Å². The minimum Gasteiger partial charge on any atom is -0.489 e. The normalized spacial score (nSPS) is 10.6. The molecule has 2 aromatic rings. The number of likely N-dealkylation sites (N-methyl/N-ethyl adjacent to an activating group) is 1. The van der Waals surface area contributed by atoms with Crippen LogP contribution in [0.3, 0.4) is 0 Å². The Morgan fingerprint density at radius 3 is 2.72 bits per heavy atom. The van der Waals surface area contributed by atoms with E-state index in [2.05, 4.69) is 33.7 Å². The van der Waals surface area contributed by atoms with Crippen molar-refractivity contribution in [1.82, 2.24) is 15.5 Å². The lowest BCUT2D eigenvalue weighted by Crippen LogP contribution is -2.43. The van der Waals surface area contributed by atoms with E-state index in [9.17, 15) is 4.79 Å². The smallest absolute Gasteiger partial charge is 0.241 e. The number of ether oxygens (including phenoxy) is 1. The van der Waals surface area contributed by atoms with Crippen LogP contribution in [0.15, 0.2) is 59.4 Å². The van der Waals surface area contributed by atoms with Gasteiger partial charge in [-0.15, -0.1) is 35.3 Å². The minimum absolute atomic E-state index is 0. The fourth-order valence-corrected chi connectivity index (χ4v) is 3.05. The molecule has 0 aliphatic rings. The van der Waals surface area contributed by atoms with Crippen molar-refractivity contribution in [2.45, 2.75) is 13.0 Å². The van der Waals surface area contributed by atoms with Crippen molar-refractivity contribution in [2.24, 2.45) is 4.99 Å². The van der Waals surface area contributed by atoms with Crippen LogP contribution >= 0.6 is 35.3 Å². The van der Waals surface area contributed by atoms with Crippen molar-refractivity contribution in [2.75, 3.05) is 33.8 Å². The molecule has 0 saturated carbocycles. The maximum atomic E-state index is 11.9. The lowest BCUT2D eigenvalue weighted by Gasteiger charge is -2.15. The lowest BCUT2D eigenvalue weighted by molar-refractivity contribution is -0.127. The molecule has 0 spiro atoms. The zero-order valence-corrected chi connectivity index (χ0v) is 20.0. The molecule has 1 heterocycles. The third-order valence-electron chi connectivity index (χ3n) is 3.89. The Bertz CT molecular complexity index is 779. The predicted octanol–water partition coefficient (Wildman–Crippen LogP) is 3.30. The molecule has 0 aliphatic carbocycles. The molecule has 29 heavy (non-hydrogen) atoms. The van der Waals surface area contributed by atoms with Crippen LogP contribution in [0.2, 0.25) is 0 Å². The van der Waals surface area contributed by atoms with E-state index < -0.39 is 0 Å². The highest BCUT2D eigenvalue weighted by molar-refractivity contribution is 14.0. The summed E-state index contributed by atoms with van der Waals surface area (Å²) in [6, 6.07) is 11.9. The molecule has 0 saturated heterocycles. The van der Waals surface area contributed by atoms with E-state index in [1.54, 1.807) is 36.4 Å². The van der Waals surface area contributed by atoms with Crippen LogP contribution in [0, 0.1) is 0 Å². The third kappa shape index (κ3) is 9.31. The number of guanidine groups is 1. The van der Waals surface area contributed by atoms with E-state index in [0.29, 0.717) is 19.1 Å². The summed E-state index contributed by atoms with van der Waals surface area (Å²) in [4.78, 5) is 19.4. The van der Waals surface area contributed by atoms with Crippen LogP contribution in [0.1, 0.15) is 10.4 Å². The second-order valence-electron chi connectivity index (χ2n) is 6.27. The molecule has 158 valence electrons. The Labute approximate surface area is 194 Å². The number of carbonyl (C=O) groups excluding carboxylic acids is 1. The van der Waals surface area contributed by atoms with E-state index in [-0.39, 0.29) is 36.4 Å². The molecule has 0 bridgehead atoms. The van der Waals surface area contributed by atoms with Crippen LogP contribution in [-0.4, -0.2) is 50.6 Å². The quantitative estimate of drug-likeness (QED) is 0.215. The number of hydrogen-bond donors (Lipinski definition) is 2. The average Bonchev–Trinajstić information content (AvgIpc) is 3.21. The number of nitrogens with one attached hydrogen (secondary N) is 2. The van der Waals surface area contributed by atoms with Crippen LogP contribution in [0.4, 0.5) is 0 Å². The standard InChI is InChI=1S/C21H28N4O2S.HI/c1-4-13-27-19-10-6-5-8-17(19)15-23-21(24-16-20(26)25(2)3)22-12-11-18-9-7-14-28-18;/h4-10,14H,1,11-13,15-16H2,2-3H3,(H2,22,23,24);1H. The number of rotatable bonds is 10. The fourth-order valence-electron chi connectivity index (χ4n) is 2.34. The second-order valence-corrected chi connectivity index (χ2v) is 7.30. The van der Waals surface area contributed by atoms with Crippen LogP contribution in [0.5, 0.6) is 5.75 Å². The van der Waals surface area contributed by atoms with Crippen molar-refractivity contribution in [1.29, 1.82) is 0 Å². The number of nitrogens with zero attached hydrogens (tertiary/aromatic N) is 2. The summed E-state index contributed by atoms with van der Waals surface area (Å²) in [5.74, 6) is 1.38.